The van der Waals surface area contributed by atoms with E-state index < -0.39 is 0 Å². The standard InChI is InChI=1S/C4H5NO.C4H6/c1-4(2-5)3-6;1-3-4-2/h3,6H,1H3;3-4H,1-2H2. The van der Waals surface area contributed by atoms with Crippen molar-refractivity contribution in [2.75, 3.05) is 0 Å². The fraction of sp³-hybridized carbons (Fsp3) is 0.125. The Balaban J connectivity index is 0. The number of aliphatic hydroxyl groups is 1. The zero-order valence-corrected chi connectivity index (χ0v) is 6.04. The third kappa shape index (κ3) is 16.0. The van der Waals surface area contributed by atoms with Gasteiger partial charge in [0, 0.05) is 0 Å². The quantitative estimate of drug-likeness (QED) is 0.342. The van der Waals surface area contributed by atoms with Crippen LogP contribution >= 0.6 is 0 Å². The number of aliphatic hydroxyl groups excluding tert-OH is 1. The van der Waals surface area contributed by atoms with Crippen molar-refractivity contribution in [1.82, 2.24) is 0 Å². The van der Waals surface area contributed by atoms with E-state index in [2.05, 4.69) is 13.2 Å². The van der Waals surface area contributed by atoms with E-state index in [0.29, 0.717) is 5.57 Å². The van der Waals surface area contributed by atoms with Gasteiger partial charge in [0.15, 0.2) is 0 Å². The van der Waals surface area contributed by atoms with Crippen LogP contribution in [-0.4, -0.2) is 5.11 Å². The lowest BCUT2D eigenvalue weighted by atomic mass is 10.4. The van der Waals surface area contributed by atoms with E-state index in [1.54, 1.807) is 18.2 Å². The van der Waals surface area contributed by atoms with Crippen molar-refractivity contribution in [3.63, 3.8) is 0 Å². The monoisotopic (exact) mass is 137 g/mol. The molecule has 0 aromatic heterocycles. The second-order valence-corrected chi connectivity index (χ2v) is 1.40. The van der Waals surface area contributed by atoms with Crippen LogP contribution in [0.1, 0.15) is 6.92 Å². The summed E-state index contributed by atoms with van der Waals surface area (Å²) in [5, 5.41) is 15.8. The molecule has 2 nitrogen and oxygen atoms in total. The van der Waals surface area contributed by atoms with Crippen LogP contribution < -0.4 is 0 Å². The van der Waals surface area contributed by atoms with Crippen molar-refractivity contribution in [2.45, 2.75) is 6.92 Å². The average molecular weight is 137 g/mol. The van der Waals surface area contributed by atoms with Gasteiger partial charge in [-0.2, -0.15) is 5.26 Å². The highest BCUT2D eigenvalue weighted by atomic mass is 16.2. The lowest BCUT2D eigenvalue weighted by Crippen LogP contribution is -1.61. The molecule has 0 rings (SSSR count). The fourth-order valence-corrected chi connectivity index (χ4v) is 0.0289. The average Bonchev–Trinajstić information content (AvgIpc) is 2.03. The number of nitriles is 1. The minimum Gasteiger partial charge on any atom is -0.515 e. The molecule has 0 fully saturated rings. The Morgan fingerprint density at radius 3 is 1.90 bits per heavy atom. The Hall–Kier alpha value is -1.49. The smallest absolute Gasteiger partial charge is 0.0976 e. The summed E-state index contributed by atoms with van der Waals surface area (Å²) in [4.78, 5) is 0. The Labute approximate surface area is 61.4 Å². The molecule has 0 heterocycles. The van der Waals surface area contributed by atoms with Gasteiger partial charge in [-0.1, -0.05) is 25.3 Å². The first kappa shape index (κ1) is 11.3. The molecule has 0 amide bonds. The van der Waals surface area contributed by atoms with Gasteiger partial charge in [-0.15, -0.1) is 0 Å². The minimum atomic E-state index is 0.329. The molecule has 0 unspecified atom stereocenters. The summed E-state index contributed by atoms with van der Waals surface area (Å²) in [5.41, 5.74) is 0.329. The van der Waals surface area contributed by atoms with Crippen molar-refractivity contribution in [3.05, 3.63) is 37.1 Å². The SMILES string of the molecule is C=CC=C.CC(C#N)=CO. The maximum atomic E-state index is 7.95. The van der Waals surface area contributed by atoms with E-state index in [1.807, 2.05) is 0 Å². The highest BCUT2D eigenvalue weighted by Gasteiger charge is 1.73. The van der Waals surface area contributed by atoms with Gasteiger partial charge in [-0.3, -0.25) is 0 Å². The molecule has 0 saturated carbocycles. The molecule has 2 heteroatoms. The van der Waals surface area contributed by atoms with Crippen LogP contribution in [0, 0.1) is 11.3 Å². The molecular formula is C8H11NO. The van der Waals surface area contributed by atoms with Crippen molar-refractivity contribution in [1.29, 1.82) is 5.26 Å². The molecular weight excluding hydrogens is 126 g/mol. The van der Waals surface area contributed by atoms with Crippen LogP contribution in [0.4, 0.5) is 0 Å². The van der Waals surface area contributed by atoms with Crippen molar-refractivity contribution < 1.29 is 5.11 Å². The van der Waals surface area contributed by atoms with E-state index in [9.17, 15) is 0 Å². The summed E-state index contributed by atoms with van der Waals surface area (Å²) < 4.78 is 0. The second kappa shape index (κ2) is 10.5. The van der Waals surface area contributed by atoms with E-state index in [-0.39, 0.29) is 0 Å². The number of hydrogen-bond donors (Lipinski definition) is 1. The summed E-state index contributed by atoms with van der Waals surface area (Å²) in [6.07, 6.45) is 4.06. The topological polar surface area (TPSA) is 44.0 Å². The van der Waals surface area contributed by atoms with Gasteiger partial charge in [0.2, 0.25) is 0 Å². The van der Waals surface area contributed by atoms with Crippen LogP contribution in [0.25, 0.3) is 0 Å². The van der Waals surface area contributed by atoms with Crippen molar-refractivity contribution in [2.24, 2.45) is 0 Å². The first-order chi connectivity index (χ1) is 4.72. The van der Waals surface area contributed by atoms with E-state index in [0.717, 1.165) is 6.26 Å². The molecule has 54 valence electrons. The summed E-state index contributed by atoms with van der Waals surface area (Å²) in [6.45, 7) is 8.25. The minimum absolute atomic E-state index is 0.329. The normalized spacial score (nSPS) is 8.20. The predicted molar refractivity (Wildman–Crippen MR) is 42.4 cm³/mol. The highest BCUT2D eigenvalue weighted by Crippen LogP contribution is 1.81. The highest BCUT2D eigenvalue weighted by molar-refractivity contribution is 5.13. The molecule has 0 aromatic rings. The Bertz CT molecular complexity index is 157. The largest absolute Gasteiger partial charge is 0.515 e. The maximum absolute atomic E-state index is 7.95. The Kier molecular flexibility index (Phi) is 11.9. The van der Waals surface area contributed by atoms with E-state index >= 15 is 0 Å². The maximum Gasteiger partial charge on any atom is 0.0976 e. The molecule has 0 atom stereocenters. The summed E-state index contributed by atoms with van der Waals surface area (Å²) in [5.74, 6) is 0. The third-order valence-corrected chi connectivity index (χ3v) is 0.537. The molecule has 0 spiro atoms. The zero-order valence-electron chi connectivity index (χ0n) is 6.04. The number of rotatable bonds is 1. The van der Waals surface area contributed by atoms with Crippen LogP contribution in [0.3, 0.4) is 0 Å². The van der Waals surface area contributed by atoms with Gasteiger partial charge < -0.3 is 5.11 Å². The lowest BCUT2D eigenvalue weighted by molar-refractivity contribution is 0.469. The first-order valence-electron chi connectivity index (χ1n) is 2.67. The lowest BCUT2D eigenvalue weighted by Gasteiger charge is -1.70. The fourth-order valence-electron chi connectivity index (χ4n) is 0.0289. The van der Waals surface area contributed by atoms with E-state index in [1.165, 1.54) is 6.92 Å². The molecule has 0 aliphatic heterocycles. The third-order valence-electron chi connectivity index (χ3n) is 0.537. The molecule has 0 radical (unpaired) electrons. The Morgan fingerprint density at radius 1 is 1.50 bits per heavy atom. The summed E-state index contributed by atoms with van der Waals surface area (Å²) in [6, 6.07) is 1.73. The van der Waals surface area contributed by atoms with Gasteiger partial charge in [0.25, 0.3) is 0 Å². The van der Waals surface area contributed by atoms with E-state index in [4.69, 9.17) is 10.4 Å². The Morgan fingerprint density at radius 2 is 1.90 bits per heavy atom. The van der Waals surface area contributed by atoms with Gasteiger partial charge in [-0.25, -0.2) is 0 Å². The van der Waals surface area contributed by atoms with Gasteiger partial charge in [0.05, 0.1) is 17.9 Å². The number of allylic oxidation sites excluding steroid dienone is 3. The molecule has 10 heavy (non-hydrogen) atoms. The number of nitrogens with zero attached hydrogens (tertiary/aromatic N) is 1. The molecule has 0 saturated heterocycles. The molecule has 0 aromatic carbocycles. The van der Waals surface area contributed by atoms with Crippen molar-refractivity contribution in [3.8, 4) is 6.07 Å². The summed E-state index contributed by atoms with van der Waals surface area (Å²) >= 11 is 0. The van der Waals surface area contributed by atoms with Gasteiger partial charge in [0.1, 0.15) is 0 Å². The number of hydrogen-bond acceptors (Lipinski definition) is 2. The predicted octanol–water partition coefficient (Wildman–Crippen LogP) is 2.33. The zero-order chi connectivity index (χ0) is 8.41. The molecule has 0 aliphatic carbocycles. The molecule has 0 aliphatic rings. The van der Waals surface area contributed by atoms with Gasteiger partial charge in [-0.05, 0) is 6.92 Å². The van der Waals surface area contributed by atoms with Gasteiger partial charge >= 0.3 is 0 Å². The van der Waals surface area contributed by atoms with Crippen LogP contribution in [-0.2, 0) is 0 Å². The van der Waals surface area contributed by atoms with Crippen LogP contribution in [0.2, 0.25) is 0 Å². The second-order valence-electron chi connectivity index (χ2n) is 1.40. The first-order valence-corrected chi connectivity index (χ1v) is 2.67. The molecule has 1 N–H and O–H groups in total. The summed E-state index contributed by atoms with van der Waals surface area (Å²) in [7, 11) is 0. The molecule has 0 bridgehead atoms. The van der Waals surface area contributed by atoms with Crippen LogP contribution in [0.5, 0.6) is 0 Å². The van der Waals surface area contributed by atoms with Crippen LogP contribution in [0.15, 0.2) is 37.1 Å². The van der Waals surface area contributed by atoms with Crippen molar-refractivity contribution >= 4 is 0 Å².